The highest BCUT2D eigenvalue weighted by atomic mass is 16.6. The van der Waals surface area contributed by atoms with Gasteiger partial charge in [-0.15, -0.1) is 0 Å². The van der Waals surface area contributed by atoms with Crippen LogP contribution in [0.5, 0.6) is 5.88 Å². The van der Waals surface area contributed by atoms with E-state index in [0.29, 0.717) is 25.0 Å². The van der Waals surface area contributed by atoms with E-state index in [1.165, 1.54) is 0 Å². The minimum atomic E-state index is 0.152. The fourth-order valence-corrected chi connectivity index (χ4v) is 1.18. The Hall–Kier alpha value is -1.36. The van der Waals surface area contributed by atoms with Crippen molar-refractivity contribution in [1.29, 1.82) is 0 Å². The molecule has 1 aromatic heterocycles. The number of rotatable bonds is 5. The lowest BCUT2D eigenvalue weighted by molar-refractivity contribution is -0.0813. The van der Waals surface area contributed by atoms with Crippen molar-refractivity contribution in [1.82, 2.24) is 9.97 Å². The van der Waals surface area contributed by atoms with Crippen molar-refractivity contribution >= 4 is 5.95 Å². The lowest BCUT2D eigenvalue weighted by atomic mass is 10.3. The van der Waals surface area contributed by atoms with Gasteiger partial charge >= 0.3 is 0 Å². The molecule has 1 aliphatic rings. The first-order valence-electron chi connectivity index (χ1n) is 5.20. The smallest absolute Gasteiger partial charge is 0.225 e. The molecule has 1 saturated heterocycles. The van der Waals surface area contributed by atoms with E-state index >= 15 is 0 Å². The van der Waals surface area contributed by atoms with E-state index in [4.69, 9.17) is 9.47 Å². The molecule has 0 radical (unpaired) electrons. The van der Waals surface area contributed by atoms with Crippen LogP contribution in [0.2, 0.25) is 0 Å². The Balaban J connectivity index is 1.92. The average molecular weight is 209 g/mol. The van der Waals surface area contributed by atoms with E-state index in [0.717, 1.165) is 13.0 Å². The zero-order valence-electron chi connectivity index (χ0n) is 8.77. The molecule has 2 rings (SSSR count). The largest absolute Gasteiger partial charge is 0.469 e. The Kier molecular flexibility index (Phi) is 3.34. The summed E-state index contributed by atoms with van der Waals surface area (Å²) in [5, 5.41) is 3.11. The third kappa shape index (κ3) is 2.79. The molecular formula is C10H15N3O2. The molecule has 0 aromatic carbocycles. The molecule has 0 atom stereocenters. The lowest BCUT2D eigenvalue weighted by Gasteiger charge is -2.26. The van der Waals surface area contributed by atoms with E-state index in [9.17, 15) is 0 Å². The van der Waals surface area contributed by atoms with Crippen molar-refractivity contribution in [2.75, 3.05) is 25.1 Å². The fraction of sp³-hybridized carbons (Fsp3) is 0.600. The second-order valence-corrected chi connectivity index (χ2v) is 3.42. The lowest BCUT2D eigenvalue weighted by Crippen LogP contribution is -2.38. The third-order valence-electron chi connectivity index (χ3n) is 2.06. The Bertz CT molecular complexity index is 315. The Labute approximate surface area is 88.8 Å². The number of nitrogens with one attached hydrogen (secondary N) is 1. The van der Waals surface area contributed by atoms with Gasteiger partial charge in [0.1, 0.15) is 6.10 Å². The zero-order valence-corrected chi connectivity index (χ0v) is 8.77. The highest BCUT2D eigenvalue weighted by Gasteiger charge is 2.20. The summed E-state index contributed by atoms with van der Waals surface area (Å²) in [6, 6.07) is 1.76. The zero-order chi connectivity index (χ0) is 10.5. The quantitative estimate of drug-likeness (QED) is 0.786. The molecule has 1 N–H and O–H groups in total. The summed E-state index contributed by atoms with van der Waals surface area (Å²) in [5.74, 6) is 1.23. The van der Waals surface area contributed by atoms with Crippen LogP contribution in [0.1, 0.15) is 13.3 Å². The van der Waals surface area contributed by atoms with Gasteiger partial charge in [-0.25, -0.2) is 4.98 Å². The second-order valence-electron chi connectivity index (χ2n) is 3.42. The summed E-state index contributed by atoms with van der Waals surface area (Å²) < 4.78 is 10.6. The van der Waals surface area contributed by atoms with Gasteiger partial charge in [0.15, 0.2) is 0 Å². The Morgan fingerprint density at radius 3 is 3.13 bits per heavy atom. The van der Waals surface area contributed by atoms with Crippen molar-refractivity contribution in [3.8, 4) is 5.88 Å². The van der Waals surface area contributed by atoms with Crippen LogP contribution in [0.15, 0.2) is 12.3 Å². The predicted molar refractivity (Wildman–Crippen MR) is 56.0 cm³/mol. The fourth-order valence-electron chi connectivity index (χ4n) is 1.18. The number of nitrogens with zero attached hydrogens (tertiary/aromatic N) is 2. The van der Waals surface area contributed by atoms with Gasteiger partial charge in [-0.05, 0) is 6.42 Å². The van der Waals surface area contributed by atoms with Crippen molar-refractivity contribution in [3.05, 3.63) is 12.3 Å². The van der Waals surface area contributed by atoms with Gasteiger partial charge in [0, 0.05) is 18.8 Å². The highest BCUT2D eigenvalue weighted by molar-refractivity contribution is 5.27. The summed E-state index contributed by atoms with van der Waals surface area (Å²) in [4.78, 5) is 8.33. The summed E-state index contributed by atoms with van der Waals surface area (Å²) in [6.07, 6.45) is 2.89. The molecular weight excluding hydrogens is 194 g/mol. The molecule has 82 valence electrons. The number of aromatic nitrogens is 2. The van der Waals surface area contributed by atoms with Gasteiger partial charge in [0.25, 0.3) is 0 Å². The van der Waals surface area contributed by atoms with E-state index in [2.05, 4.69) is 22.2 Å². The van der Waals surface area contributed by atoms with E-state index in [1.54, 1.807) is 12.3 Å². The molecule has 1 aromatic rings. The molecule has 5 heteroatoms. The van der Waals surface area contributed by atoms with Gasteiger partial charge in [0.2, 0.25) is 11.8 Å². The minimum absolute atomic E-state index is 0.152. The van der Waals surface area contributed by atoms with Crippen LogP contribution >= 0.6 is 0 Å². The molecule has 0 aliphatic carbocycles. The Morgan fingerprint density at radius 1 is 1.60 bits per heavy atom. The van der Waals surface area contributed by atoms with Crippen LogP contribution in [0, 0.1) is 0 Å². The van der Waals surface area contributed by atoms with Crippen molar-refractivity contribution in [3.63, 3.8) is 0 Å². The number of hydrogen-bond donors (Lipinski definition) is 1. The van der Waals surface area contributed by atoms with E-state index < -0.39 is 0 Å². The van der Waals surface area contributed by atoms with Gasteiger partial charge in [0.05, 0.1) is 13.2 Å². The number of ether oxygens (including phenoxy) is 2. The minimum Gasteiger partial charge on any atom is -0.469 e. The van der Waals surface area contributed by atoms with Gasteiger partial charge in [-0.3, -0.25) is 0 Å². The molecule has 0 spiro atoms. The van der Waals surface area contributed by atoms with Crippen LogP contribution in [0.4, 0.5) is 5.95 Å². The molecule has 1 fully saturated rings. The predicted octanol–water partition coefficient (Wildman–Crippen LogP) is 1.08. The molecule has 2 heterocycles. The van der Waals surface area contributed by atoms with Crippen LogP contribution < -0.4 is 10.1 Å². The first-order chi connectivity index (χ1) is 7.38. The maximum Gasteiger partial charge on any atom is 0.225 e. The SMILES string of the molecule is CCCNc1nccc(OC2COC2)n1. The highest BCUT2D eigenvalue weighted by Crippen LogP contribution is 2.13. The van der Waals surface area contributed by atoms with Gasteiger partial charge in [-0.1, -0.05) is 6.92 Å². The van der Waals surface area contributed by atoms with Crippen LogP contribution in [0.3, 0.4) is 0 Å². The van der Waals surface area contributed by atoms with Gasteiger partial charge < -0.3 is 14.8 Å². The molecule has 1 aliphatic heterocycles. The van der Waals surface area contributed by atoms with Crippen molar-refractivity contribution in [2.24, 2.45) is 0 Å². The molecule has 0 bridgehead atoms. The third-order valence-corrected chi connectivity index (χ3v) is 2.06. The molecule has 0 amide bonds. The summed E-state index contributed by atoms with van der Waals surface area (Å²) >= 11 is 0. The normalized spacial score (nSPS) is 15.8. The maximum absolute atomic E-state index is 5.55. The van der Waals surface area contributed by atoms with Crippen molar-refractivity contribution in [2.45, 2.75) is 19.4 Å². The summed E-state index contributed by atoms with van der Waals surface area (Å²) in [5.41, 5.74) is 0. The topological polar surface area (TPSA) is 56.3 Å². The standard InChI is InChI=1S/C10H15N3O2/c1-2-4-11-10-12-5-3-9(13-10)15-8-6-14-7-8/h3,5,8H,2,4,6-7H2,1H3,(H,11,12,13). The van der Waals surface area contributed by atoms with E-state index in [-0.39, 0.29) is 6.10 Å². The van der Waals surface area contributed by atoms with Crippen LogP contribution in [-0.2, 0) is 4.74 Å². The maximum atomic E-state index is 5.55. The summed E-state index contributed by atoms with van der Waals surface area (Å²) in [6.45, 7) is 4.28. The molecule has 15 heavy (non-hydrogen) atoms. The number of anilines is 1. The van der Waals surface area contributed by atoms with Crippen LogP contribution in [0.25, 0.3) is 0 Å². The number of hydrogen-bond acceptors (Lipinski definition) is 5. The first kappa shape index (κ1) is 10.2. The van der Waals surface area contributed by atoms with Gasteiger partial charge in [-0.2, -0.15) is 4.98 Å². The van der Waals surface area contributed by atoms with Crippen LogP contribution in [-0.4, -0.2) is 35.8 Å². The molecule has 5 nitrogen and oxygen atoms in total. The second kappa shape index (κ2) is 4.93. The Morgan fingerprint density at radius 2 is 2.47 bits per heavy atom. The average Bonchev–Trinajstić information content (AvgIpc) is 2.21. The molecule has 0 saturated carbocycles. The van der Waals surface area contributed by atoms with E-state index in [1.807, 2.05) is 0 Å². The summed E-state index contributed by atoms with van der Waals surface area (Å²) in [7, 11) is 0. The molecule has 0 unspecified atom stereocenters. The monoisotopic (exact) mass is 209 g/mol. The van der Waals surface area contributed by atoms with Crippen molar-refractivity contribution < 1.29 is 9.47 Å². The first-order valence-corrected chi connectivity index (χ1v) is 5.20.